The highest BCUT2D eigenvalue weighted by atomic mass is 19.3. The van der Waals surface area contributed by atoms with E-state index in [1.807, 2.05) is 6.07 Å². The van der Waals surface area contributed by atoms with Crippen molar-refractivity contribution in [3.63, 3.8) is 0 Å². The van der Waals surface area contributed by atoms with Gasteiger partial charge in [-0.2, -0.15) is 5.26 Å². The molecule has 6 rings (SSSR count). The highest BCUT2D eigenvalue weighted by Crippen LogP contribution is 2.53. The van der Waals surface area contributed by atoms with Gasteiger partial charge in [-0.05, 0) is 64.9 Å². The number of nitrogen functional groups attached to an aromatic ring is 1. The minimum Gasteiger partial charge on any atom is -0.396 e. The second-order valence-electron chi connectivity index (χ2n) is 9.40. The van der Waals surface area contributed by atoms with Crippen LogP contribution in [0, 0.1) is 17.1 Å². The predicted octanol–water partition coefficient (Wildman–Crippen LogP) is 5.76. The van der Waals surface area contributed by atoms with Crippen molar-refractivity contribution < 1.29 is 22.7 Å². The summed E-state index contributed by atoms with van der Waals surface area (Å²) in [6, 6.07) is 10.8. The molecule has 2 aliphatic carbocycles. The van der Waals surface area contributed by atoms with Gasteiger partial charge < -0.3 is 10.8 Å². The summed E-state index contributed by atoms with van der Waals surface area (Å²) in [5.74, 6) is -4.74. The molecule has 0 radical (unpaired) electrons. The van der Waals surface area contributed by atoms with E-state index in [1.165, 1.54) is 6.20 Å². The molecule has 2 heterocycles. The van der Waals surface area contributed by atoms with Crippen LogP contribution in [0.15, 0.2) is 48.8 Å². The number of nitriles is 1. The molecule has 36 heavy (non-hydrogen) atoms. The molecule has 0 saturated carbocycles. The van der Waals surface area contributed by atoms with Crippen LogP contribution in [-0.4, -0.2) is 20.4 Å². The fourth-order valence-electron chi connectivity index (χ4n) is 5.82. The third-order valence-corrected chi connectivity index (χ3v) is 7.39. The maximum atomic E-state index is 15.0. The molecule has 182 valence electrons. The molecular formula is C27H20F4N4O. The van der Waals surface area contributed by atoms with Crippen molar-refractivity contribution in [2.24, 2.45) is 0 Å². The fraction of sp³-hybridized carbons (Fsp3) is 0.259. The zero-order valence-electron chi connectivity index (χ0n) is 18.9. The topological polar surface area (TPSA) is 87.3 Å². The van der Waals surface area contributed by atoms with Crippen molar-refractivity contribution in [1.29, 1.82) is 5.26 Å². The number of aliphatic hydroxyl groups is 1. The Morgan fingerprint density at radius 1 is 1.14 bits per heavy atom. The van der Waals surface area contributed by atoms with Gasteiger partial charge in [0.1, 0.15) is 18.1 Å². The van der Waals surface area contributed by atoms with Crippen LogP contribution in [0.4, 0.5) is 23.2 Å². The van der Waals surface area contributed by atoms with Crippen molar-refractivity contribution in [2.45, 2.75) is 43.4 Å². The molecule has 3 atom stereocenters. The second-order valence-corrected chi connectivity index (χ2v) is 9.40. The summed E-state index contributed by atoms with van der Waals surface area (Å²) in [4.78, 5) is 4.32. The van der Waals surface area contributed by atoms with Gasteiger partial charge in [-0.1, -0.05) is 12.1 Å². The summed E-state index contributed by atoms with van der Waals surface area (Å²) in [7, 11) is 0. The van der Waals surface area contributed by atoms with Crippen molar-refractivity contribution in [3.05, 3.63) is 88.0 Å². The number of pyridine rings is 1. The van der Waals surface area contributed by atoms with Crippen LogP contribution < -0.4 is 5.73 Å². The van der Waals surface area contributed by atoms with E-state index in [0.717, 1.165) is 12.1 Å². The lowest BCUT2D eigenvalue weighted by molar-refractivity contribution is -0.0966. The molecule has 0 fully saturated rings. The van der Waals surface area contributed by atoms with Gasteiger partial charge in [-0.3, -0.25) is 4.40 Å². The number of nitrogens with zero attached hydrogens (tertiary/aromatic N) is 3. The summed E-state index contributed by atoms with van der Waals surface area (Å²) in [6.07, 6.45) is -0.677. The lowest BCUT2D eigenvalue weighted by atomic mass is 9.74. The molecule has 9 heteroatoms. The number of hydrogen-bond donors (Lipinski definition) is 2. The molecule has 3 N–H and O–H groups in total. The smallest absolute Gasteiger partial charge is 0.281 e. The average Bonchev–Trinajstić information content (AvgIpc) is 3.38. The number of aliphatic hydroxyl groups excluding tert-OH is 1. The summed E-state index contributed by atoms with van der Waals surface area (Å²) in [6.45, 7) is 0. The Kier molecular flexibility index (Phi) is 4.89. The van der Waals surface area contributed by atoms with Gasteiger partial charge in [0.25, 0.3) is 5.92 Å². The van der Waals surface area contributed by atoms with Crippen LogP contribution in [-0.2, 0) is 6.42 Å². The highest BCUT2D eigenvalue weighted by molar-refractivity contribution is 5.76. The number of imidazole rings is 1. The van der Waals surface area contributed by atoms with Crippen LogP contribution in [0.1, 0.15) is 64.4 Å². The molecule has 2 aromatic carbocycles. The van der Waals surface area contributed by atoms with Gasteiger partial charge in [-0.15, -0.1) is 0 Å². The summed E-state index contributed by atoms with van der Waals surface area (Å²) in [5.41, 5.74) is 8.95. The third-order valence-electron chi connectivity index (χ3n) is 7.39. The van der Waals surface area contributed by atoms with E-state index in [2.05, 4.69) is 4.98 Å². The van der Waals surface area contributed by atoms with Gasteiger partial charge in [0.15, 0.2) is 5.65 Å². The molecule has 0 saturated heterocycles. The van der Waals surface area contributed by atoms with E-state index in [9.17, 15) is 27.9 Å². The molecule has 0 aliphatic heterocycles. The Morgan fingerprint density at radius 2 is 1.94 bits per heavy atom. The lowest BCUT2D eigenvalue weighted by Crippen LogP contribution is -2.22. The zero-order valence-corrected chi connectivity index (χ0v) is 18.9. The molecule has 4 aromatic rings. The average molecular weight is 492 g/mol. The Bertz CT molecular complexity index is 1590. The second kappa shape index (κ2) is 7.80. The zero-order chi connectivity index (χ0) is 25.4. The Balaban J connectivity index is 1.60. The van der Waals surface area contributed by atoms with Crippen molar-refractivity contribution in [3.8, 4) is 17.3 Å². The van der Waals surface area contributed by atoms with Gasteiger partial charge in [-0.25, -0.2) is 22.5 Å². The van der Waals surface area contributed by atoms with E-state index < -0.39 is 36.4 Å². The van der Waals surface area contributed by atoms with Crippen LogP contribution in [0.5, 0.6) is 0 Å². The predicted molar refractivity (Wildman–Crippen MR) is 125 cm³/mol. The van der Waals surface area contributed by atoms with Crippen LogP contribution in [0.25, 0.3) is 16.9 Å². The number of anilines is 1. The number of nitrogens with two attached hydrogens (primary N) is 1. The Labute approximate surface area is 203 Å². The lowest BCUT2D eigenvalue weighted by Gasteiger charge is -2.31. The molecule has 0 spiro atoms. The first-order valence-corrected chi connectivity index (χ1v) is 11.5. The number of benzene rings is 2. The first kappa shape index (κ1) is 22.6. The normalized spacial score (nSPS) is 22.3. The Morgan fingerprint density at radius 3 is 2.72 bits per heavy atom. The minimum absolute atomic E-state index is 0.0160. The van der Waals surface area contributed by atoms with Gasteiger partial charge >= 0.3 is 0 Å². The number of alkyl halides is 3. The summed E-state index contributed by atoms with van der Waals surface area (Å²) in [5, 5.41) is 20.4. The van der Waals surface area contributed by atoms with E-state index in [0.29, 0.717) is 33.7 Å². The van der Waals surface area contributed by atoms with Crippen LogP contribution in [0.3, 0.4) is 0 Å². The molecule has 3 unspecified atom stereocenters. The molecule has 5 nitrogen and oxygen atoms in total. The van der Waals surface area contributed by atoms with Crippen LogP contribution >= 0.6 is 0 Å². The maximum absolute atomic E-state index is 15.0. The summed E-state index contributed by atoms with van der Waals surface area (Å²) >= 11 is 0. The molecular weight excluding hydrogens is 472 g/mol. The molecule has 0 bridgehead atoms. The summed E-state index contributed by atoms with van der Waals surface area (Å²) < 4.78 is 60.5. The third kappa shape index (κ3) is 3.14. The van der Waals surface area contributed by atoms with E-state index in [4.69, 9.17) is 5.73 Å². The highest BCUT2D eigenvalue weighted by Gasteiger charge is 2.50. The Hall–Kier alpha value is -3.90. The van der Waals surface area contributed by atoms with Crippen molar-refractivity contribution in [2.75, 3.05) is 5.73 Å². The van der Waals surface area contributed by atoms with Gasteiger partial charge in [0.05, 0.1) is 29.2 Å². The van der Waals surface area contributed by atoms with Gasteiger partial charge in [0.2, 0.25) is 0 Å². The quantitative estimate of drug-likeness (QED) is 0.349. The number of aromatic nitrogens is 2. The standard InChI is InChI=1S/C27H20F4N4O/c28-14-8-13(11-32)23-16(5-6-20(29)18(23)9-14)15-3-4-17(24-19(15)10-27(30,31)25(24)36)22-12-34-26-21(33)2-1-7-35(22)26/h1-4,7-9,12,16,20,25,36H,5-6,10,33H2. The number of rotatable bonds is 2. The molecule has 0 amide bonds. The van der Waals surface area contributed by atoms with Crippen molar-refractivity contribution >= 4 is 11.3 Å². The minimum atomic E-state index is -3.42. The number of fused-ring (bicyclic) bond motifs is 3. The van der Waals surface area contributed by atoms with Gasteiger partial charge in [0, 0.05) is 24.1 Å². The van der Waals surface area contributed by atoms with E-state index in [-0.39, 0.29) is 35.1 Å². The SMILES string of the molecule is N#Cc1cc(F)cc2c1C(c1ccc(-c3cnc4c(N)cccn34)c3c1CC(F)(F)C3O)CCC2F. The van der Waals surface area contributed by atoms with E-state index in [1.54, 1.807) is 34.9 Å². The fourth-order valence-corrected chi connectivity index (χ4v) is 5.82. The monoisotopic (exact) mass is 492 g/mol. The number of halogens is 4. The van der Waals surface area contributed by atoms with Crippen LogP contribution in [0.2, 0.25) is 0 Å². The van der Waals surface area contributed by atoms with E-state index >= 15 is 0 Å². The van der Waals surface area contributed by atoms with Crippen molar-refractivity contribution in [1.82, 2.24) is 9.38 Å². The first-order valence-electron chi connectivity index (χ1n) is 11.5. The molecule has 2 aliphatic rings. The number of hydrogen-bond acceptors (Lipinski definition) is 4. The molecule has 2 aromatic heterocycles. The maximum Gasteiger partial charge on any atom is 0.281 e. The largest absolute Gasteiger partial charge is 0.396 e. The first-order chi connectivity index (χ1) is 17.2.